The van der Waals surface area contributed by atoms with E-state index in [2.05, 4.69) is 27.3 Å². The maximum Gasteiger partial charge on any atom is 0.162 e. The van der Waals surface area contributed by atoms with Crippen molar-refractivity contribution in [2.45, 2.75) is 13.2 Å². The van der Waals surface area contributed by atoms with Crippen molar-refractivity contribution in [2.24, 2.45) is 0 Å². The van der Waals surface area contributed by atoms with Gasteiger partial charge in [0.05, 0.1) is 10.9 Å². The fraction of sp³-hybridized carbons (Fsp3) is 0.286. The second-order valence-electron chi connectivity index (χ2n) is 4.01. The minimum atomic E-state index is 0.551. The number of ether oxygens (including phenoxy) is 2. The molecule has 0 aliphatic heterocycles. The number of thiophene rings is 1. The predicted octanol–water partition coefficient (Wildman–Crippen LogP) is 3.82. The van der Waals surface area contributed by atoms with Crippen LogP contribution in [0, 0.1) is 0 Å². The van der Waals surface area contributed by atoms with Crippen LogP contribution in [0.4, 0.5) is 0 Å². The molecule has 0 saturated carbocycles. The van der Waals surface area contributed by atoms with Crippen molar-refractivity contribution in [1.82, 2.24) is 5.32 Å². The van der Waals surface area contributed by atoms with Gasteiger partial charge >= 0.3 is 0 Å². The third kappa shape index (κ3) is 3.96. The smallest absolute Gasteiger partial charge is 0.162 e. The Labute approximate surface area is 125 Å². The predicted molar refractivity (Wildman–Crippen MR) is 82.1 cm³/mol. The van der Waals surface area contributed by atoms with Crippen LogP contribution < -0.4 is 14.8 Å². The monoisotopic (exact) mass is 341 g/mol. The molecule has 0 aliphatic rings. The van der Waals surface area contributed by atoms with Gasteiger partial charge in [-0.3, -0.25) is 0 Å². The van der Waals surface area contributed by atoms with E-state index >= 15 is 0 Å². The lowest BCUT2D eigenvalue weighted by atomic mass is 10.2. The molecule has 1 heterocycles. The molecular weight excluding hydrogens is 326 g/mol. The Hall–Kier alpha value is -1.04. The molecule has 0 bridgehead atoms. The van der Waals surface area contributed by atoms with Crippen molar-refractivity contribution in [3.8, 4) is 11.5 Å². The first-order chi connectivity index (χ1) is 9.22. The number of nitrogens with one attached hydrogen (secondary N) is 1. The number of halogens is 1. The van der Waals surface area contributed by atoms with Crippen LogP contribution in [0.2, 0.25) is 0 Å². The average Bonchev–Trinajstić information content (AvgIpc) is 2.83. The molecule has 1 aromatic heterocycles. The van der Waals surface area contributed by atoms with Gasteiger partial charge in [0.15, 0.2) is 11.5 Å². The van der Waals surface area contributed by atoms with Crippen LogP contribution in [0.15, 0.2) is 34.1 Å². The van der Waals surface area contributed by atoms with Crippen molar-refractivity contribution in [2.75, 3.05) is 14.2 Å². The molecule has 102 valence electrons. The normalized spacial score (nSPS) is 10.5. The molecule has 0 spiro atoms. The summed E-state index contributed by atoms with van der Waals surface area (Å²) in [6.07, 6.45) is 0. The number of rotatable bonds is 6. The Morgan fingerprint density at radius 1 is 1.21 bits per heavy atom. The van der Waals surface area contributed by atoms with Gasteiger partial charge in [0.25, 0.3) is 0 Å². The van der Waals surface area contributed by atoms with Gasteiger partial charge in [-0.1, -0.05) is 6.07 Å². The van der Waals surface area contributed by atoms with E-state index in [9.17, 15) is 0 Å². The fourth-order valence-corrected chi connectivity index (χ4v) is 3.12. The molecule has 3 nitrogen and oxygen atoms in total. The molecule has 0 unspecified atom stereocenters. The van der Waals surface area contributed by atoms with Crippen LogP contribution in [-0.2, 0) is 13.2 Å². The molecule has 2 aromatic rings. The summed E-state index contributed by atoms with van der Waals surface area (Å²) >= 11 is 5.12. The Kier molecular flexibility index (Phi) is 5.24. The number of benzene rings is 1. The molecule has 0 aliphatic carbocycles. The molecule has 5 heteroatoms. The Balaban J connectivity index is 2.10. The van der Waals surface area contributed by atoms with Gasteiger partial charge in [-0.25, -0.2) is 0 Å². The highest BCUT2D eigenvalue weighted by Gasteiger charge is 2.07. The molecular formula is C14H16BrNO2S. The average molecular weight is 342 g/mol. The van der Waals surface area contributed by atoms with Crippen molar-refractivity contribution in [3.63, 3.8) is 0 Å². The van der Waals surface area contributed by atoms with Crippen molar-refractivity contribution >= 4 is 27.3 Å². The zero-order valence-electron chi connectivity index (χ0n) is 10.9. The van der Waals surface area contributed by atoms with Gasteiger partial charge in [-0.15, -0.1) is 11.3 Å². The second-order valence-corrected chi connectivity index (χ2v) is 6.56. The summed E-state index contributed by atoms with van der Waals surface area (Å²) in [5.74, 6) is 1.54. The maximum absolute atomic E-state index is 5.85. The summed E-state index contributed by atoms with van der Waals surface area (Å²) in [5, 5.41) is 3.13. The zero-order valence-corrected chi connectivity index (χ0v) is 13.3. The molecule has 0 radical (unpaired) electrons. The van der Waals surface area contributed by atoms with Crippen LogP contribution in [0.3, 0.4) is 0 Å². The van der Waals surface area contributed by atoms with E-state index in [1.165, 1.54) is 10.4 Å². The van der Waals surface area contributed by atoms with E-state index in [-0.39, 0.29) is 0 Å². The number of methoxy groups -OCH3 is 1. The molecule has 2 rings (SSSR count). The first kappa shape index (κ1) is 14.4. The third-order valence-electron chi connectivity index (χ3n) is 2.61. The molecule has 0 saturated heterocycles. The standard InChI is InChI=1S/C14H16BrNO2S/c1-16-8-10-3-5-12(17-2)13(7-10)18-9-11-4-6-14(15)19-11/h3-7,16H,8-9H2,1-2H3. The van der Waals surface area contributed by atoms with Crippen molar-refractivity contribution in [3.05, 3.63) is 44.6 Å². The van der Waals surface area contributed by atoms with Crippen molar-refractivity contribution in [1.29, 1.82) is 0 Å². The molecule has 0 fully saturated rings. The summed E-state index contributed by atoms with van der Waals surface area (Å²) in [4.78, 5) is 1.17. The van der Waals surface area contributed by atoms with Crippen LogP contribution in [0.5, 0.6) is 11.5 Å². The maximum atomic E-state index is 5.85. The third-order valence-corrected chi connectivity index (χ3v) is 4.20. The zero-order chi connectivity index (χ0) is 13.7. The summed E-state index contributed by atoms with van der Waals surface area (Å²) < 4.78 is 12.3. The van der Waals surface area contributed by atoms with E-state index in [4.69, 9.17) is 9.47 Å². The Morgan fingerprint density at radius 2 is 2.05 bits per heavy atom. The first-order valence-electron chi connectivity index (χ1n) is 5.91. The summed E-state index contributed by atoms with van der Waals surface area (Å²) in [5.41, 5.74) is 1.17. The van der Waals surface area contributed by atoms with Crippen LogP contribution >= 0.6 is 27.3 Å². The molecule has 1 aromatic carbocycles. The minimum absolute atomic E-state index is 0.551. The Morgan fingerprint density at radius 3 is 2.68 bits per heavy atom. The SMILES string of the molecule is CNCc1ccc(OC)c(OCc2ccc(Br)s2)c1. The van der Waals surface area contributed by atoms with Gasteiger partial charge in [-0.2, -0.15) is 0 Å². The molecule has 0 amide bonds. The van der Waals surface area contributed by atoms with E-state index < -0.39 is 0 Å². The van der Waals surface area contributed by atoms with Gasteiger partial charge in [0.2, 0.25) is 0 Å². The number of hydrogen-bond donors (Lipinski definition) is 1. The van der Waals surface area contributed by atoms with Gasteiger partial charge in [0.1, 0.15) is 6.61 Å². The van der Waals surface area contributed by atoms with E-state index in [1.807, 2.05) is 31.3 Å². The summed E-state index contributed by atoms with van der Waals surface area (Å²) in [6, 6.07) is 10.1. The van der Waals surface area contributed by atoms with E-state index in [1.54, 1.807) is 18.4 Å². The molecule has 1 N–H and O–H groups in total. The summed E-state index contributed by atoms with van der Waals surface area (Å²) in [7, 11) is 3.58. The lowest BCUT2D eigenvalue weighted by Crippen LogP contribution is -2.05. The first-order valence-corrected chi connectivity index (χ1v) is 7.52. The van der Waals surface area contributed by atoms with Crippen LogP contribution in [0.1, 0.15) is 10.4 Å². The van der Waals surface area contributed by atoms with E-state index in [0.29, 0.717) is 6.61 Å². The lowest BCUT2D eigenvalue weighted by molar-refractivity contribution is 0.287. The second kappa shape index (κ2) is 6.93. The minimum Gasteiger partial charge on any atom is -0.493 e. The van der Waals surface area contributed by atoms with Gasteiger partial charge in [0, 0.05) is 11.4 Å². The number of hydrogen-bond acceptors (Lipinski definition) is 4. The fourth-order valence-electron chi connectivity index (χ4n) is 1.73. The summed E-state index contributed by atoms with van der Waals surface area (Å²) in [6.45, 7) is 1.36. The highest BCUT2D eigenvalue weighted by Crippen LogP contribution is 2.30. The quantitative estimate of drug-likeness (QED) is 0.866. The highest BCUT2D eigenvalue weighted by atomic mass is 79.9. The van der Waals surface area contributed by atoms with Gasteiger partial charge < -0.3 is 14.8 Å². The van der Waals surface area contributed by atoms with Crippen molar-refractivity contribution < 1.29 is 9.47 Å². The topological polar surface area (TPSA) is 30.5 Å². The van der Waals surface area contributed by atoms with Crippen LogP contribution in [0.25, 0.3) is 0 Å². The Bertz CT molecular complexity index is 542. The lowest BCUT2D eigenvalue weighted by Gasteiger charge is -2.11. The van der Waals surface area contributed by atoms with Crippen LogP contribution in [-0.4, -0.2) is 14.2 Å². The molecule has 0 atom stereocenters. The molecule has 19 heavy (non-hydrogen) atoms. The van der Waals surface area contributed by atoms with E-state index in [0.717, 1.165) is 21.8 Å². The largest absolute Gasteiger partial charge is 0.493 e. The van der Waals surface area contributed by atoms with Gasteiger partial charge in [-0.05, 0) is 52.8 Å². The highest BCUT2D eigenvalue weighted by molar-refractivity contribution is 9.11.